The highest BCUT2D eigenvalue weighted by atomic mass is 35.5. The second-order valence-electron chi connectivity index (χ2n) is 2.76. The highest BCUT2D eigenvalue weighted by Crippen LogP contribution is 2.24. The maximum atomic E-state index is 5.88. The van der Waals surface area contributed by atoms with Crippen LogP contribution in [0, 0.1) is 6.92 Å². The molecule has 78 valence electrons. The minimum atomic E-state index is 0.634. The standard InChI is InChI=1S/C8H7ClN4S2/c1-5-2-3-10-8(11-5)14-4-6-7(9)15-13-12-6/h2-3H,4H2,1H3. The Morgan fingerprint density at radius 3 is 3.07 bits per heavy atom. The van der Waals surface area contributed by atoms with Gasteiger partial charge in [0.15, 0.2) is 5.16 Å². The Balaban J connectivity index is 2.02. The zero-order valence-corrected chi connectivity index (χ0v) is 10.2. The topological polar surface area (TPSA) is 51.6 Å². The van der Waals surface area contributed by atoms with Crippen molar-refractivity contribution in [3.05, 3.63) is 28.0 Å². The number of halogens is 1. The van der Waals surface area contributed by atoms with E-state index in [2.05, 4.69) is 19.6 Å². The smallest absolute Gasteiger partial charge is 0.188 e. The van der Waals surface area contributed by atoms with E-state index in [0.717, 1.165) is 16.5 Å². The molecule has 0 saturated carbocycles. The van der Waals surface area contributed by atoms with Crippen LogP contribution in [0.4, 0.5) is 0 Å². The molecule has 0 aromatic carbocycles. The van der Waals surface area contributed by atoms with Crippen LogP contribution in [-0.4, -0.2) is 19.6 Å². The van der Waals surface area contributed by atoms with E-state index >= 15 is 0 Å². The second kappa shape index (κ2) is 4.87. The fourth-order valence-electron chi connectivity index (χ4n) is 0.911. The molecule has 0 fully saturated rings. The average molecular weight is 259 g/mol. The predicted octanol–water partition coefficient (Wildman–Crippen LogP) is 2.58. The van der Waals surface area contributed by atoms with Gasteiger partial charge in [-0.1, -0.05) is 27.9 Å². The van der Waals surface area contributed by atoms with Crippen molar-refractivity contribution in [1.29, 1.82) is 0 Å². The van der Waals surface area contributed by atoms with Crippen molar-refractivity contribution in [2.24, 2.45) is 0 Å². The summed E-state index contributed by atoms with van der Waals surface area (Å²) in [6.45, 7) is 1.93. The second-order valence-corrected chi connectivity index (χ2v) is 5.06. The van der Waals surface area contributed by atoms with Gasteiger partial charge >= 0.3 is 0 Å². The predicted molar refractivity (Wildman–Crippen MR) is 61.2 cm³/mol. The SMILES string of the molecule is Cc1ccnc(SCc2nnsc2Cl)n1. The van der Waals surface area contributed by atoms with Gasteiger partial charge in [0.25, 0.3) is 0 Å². The Morgan fingerprint density at radius 1 is 1.53 bits per heavy atom. The van der Waals surface area contributed by atoms with Gasteiger partial charge in [-0.2, -0.15) is 0 Å². The fraction of sp³-hybridized carbons (Fsp3) is 0.250. The number of aryl methyl sites for hydroxylation is 1. The van der Waals surface area contributed by atoms with Gasteiger partial charge in [0.1, 0.15) is 10.0 Å². The van der Waals surface area contributed by atoms with E-state index in [0.29, 0.717) is 10.1 Å². The lowest BCUT2D eigenvalue weighted by molar-refractivity contribution is 0.930. The van der Waals surface area contributed by atoms with Crippen LogP contribution in [0.15, 0.2) is 17.4 Å². The van der Waals surface area contributed by atoms with Gasteiger partial charge < -0.3 is 0 Å². The Bertz CT molecular complexity index is 459. The number of hydrogen-bond acceptors (Lipinski definition) is 6. The molecule has 2 aromatic rings. The van der Waals surface area contributed by atoms with Gasteiger partial charge in [0.05, 0.1) is 0 Å². The van der Waals surface area contributed by atoms with Crippen molar-refractivity contribution in [3.63, 3.8) is 0 Å². The molecule has 2 rings (SSSR count). The minimum Gasteiger partial charge on any atom is -0.231 e. The van der Waals surface area contributed by atoms with Crippen LogP contribution in [0.1, 0.15) is 11.4 Å². The third kappa shape index (κ3) is 2.87. The number of rotatable bonds is 3. The van der Waals surface area contributed by atoms with E-state index in [-0.39, 0.29) is 0 Å². The van der Waals surface area contributed by atoms with Gasteiger partial charge in [-0.05, 0) is 13.0 Å². The van der Waals surface area contributed by atoms with Gasteiger partial charge in [0.2, 0.25) is 0 Å². The van der Waals surface area contributed by atoms with Crippen LogP contribution in [0.2, 0.25) is 4.34 Å². The molecule has 0 bridgehead atoms. The monoisotopic (exact) mass is 258 g/mol. The van der Waals surface area contributed by atoms with Crippen LogP contribution < -0.4 is 0 Å². The van der Waals surface area contributed by atoms with Crippen molar-refractivity contribution in [1.82, 2.24) is 19.6 Å². The maximum Gasteiger partial charge on any atom is 0.188 e. The first-order chi connectivity index (χ1) is 7.25. The number of aromatic nitrogens is 4. The Kier molecular flexibility index (Phi) is 3.50. The lowest BCUT2D eigenvalue weighted by atomic mass is 10.5. The Labute approximate surface area is 100 Å². The quantitative estimate of drug-likeness (QED) is 0.626. The van der Waals surface area contributed by atoms with E-state index in [9.17, 15) is 0 Å². The molecule has 0 aliphatic rings. The van der Waals surface area contributed by atoms with Crippen molar-refractivity contribution < 1.29 is 0 Å². The Hall–Kier alpha value is -0.720. The number of nitrogens with zero attached hydrogens (tertiary/aromatic N) is 4. The zero-order chi connectivity index (χ0) is 10.7. The van der Waals surface area contributed by atoms with Crippen LogP contribution in [0.25, 0.3) is 0 Å². The third-order valence-corrected chi connectivity index (χ3v) is 3.48. The van der Waals surface area contributed by atoms with Crippen molar-refractivity contribution in [2.45, 2.75) is 17.8 Å². The molecule has 4 nitrogen and oxygen atoms in total. The Morgan fingerprint density at radius 2 is 2.40 bits per heavy atom. The first-order valence-electron chi connectivity index (χ1n) is 4.15. The van der Waals surface area contributed by atoms with Crippen LogP contribution in [-0.2, 0) is 5.75 Å². The van der Waals surface area contributed by atoms with Gasteiger partial charge in [-0.3, -0.25) is 0 Å². The zero-order valence-electron chi connectivity index (χ0n) is 7.85. The molecule has 0 spiro atoms. The fourth-order valence-corrected chi connectivity index (χ4v) is 2.52. The molecule has 0 atom stereocenters. The molecule has 0 unspecified atom stereocenters. The largest absolute Gasteiger partial charge is 0.231 e. The molecular formula is C8H7ClN4S2. The summed E-state index contributed by atoms with van der Waals surface area (Å²) in [4.78, 5) is 8.40. The number of hydrogen-bond donors (Lipinski definition) is 0. The van der Waals surface area contributed by atoms with Crippen LogP contribution in [0.3, 0.4) is 0 Å². The van der Waals surface area contributed by atoms with Gasteiger partial charge in [-0.15, -0.1) is 5.10 Å². The summed E-state index contributed by atoms with van der Waals surface area (Å²) in [5.74, 6) is 0.652. The minimum absolute atomic E-state index is 0.634. The lowest BCUT2D eigenvalue weighted by Crippen LogP contribution is -1.89. The third-order valence-electron chi connectivity index (χ3n) is 1.62. The van der Waals surface area contributed by atoms with Crippen molar-refractivity contribution in [3.8, 4) is 0 Å². The molecule has 7 heteroatoms. The molecule has 15 heavy (non-hydrogen) atoms. The molecule has 2 aromatic heterocycles. The van der Waals surface area contributed by atoms with Crippen LogP contribution >= 0.6 is 34.9 Å². The molecule has 0 radical (unpaired) electrons. The summed E-state index contributed by atoms with van der Waals surface area (Å²) in [6.07, 6.45) is 1.74. The molecule has 0 aliphatic carbocycles. The van der Waals surface area contributed by atoms with E-state index in [1.165, 1.54) is 23.3 Å². The normalized spacial score (nSPS) is 10.5. The summed E-state index contributed by atoms with van der Waals surface area (Å²) in [6, 6.07) is 1.86. The van der Waals surface area contributed by atoms with E-state index in [1.807, 2.05) is 13.0 Å². The molecule has 2 heterocycles. The molecule has 0 aliphatic heterocycles. The highest BCUT2D eigenvalue weighted by molar-refractivity contribution is 7.98. The summed E-state index contributed by atoms with van der Waals surface area (Å²) in [5, 5.41) is 4.65. The summed E-state index contributed by atoms with van der Waals surface area (Å²) in [5.41, 5.74) is 1.74. The van der Waals surface area contributed by atoms with Crippen LogP contribution in [0.5, 0.6) is 0 Å². The van der Waals surface area contributed by atoms with Gasteiger partial charge in [0, 0.05) is 29.2 Å². The maximum absolute atomic E-state index is 5.88. The first kappa shape index (κ1) is 10.8. The van der Waals surface area contributed by atoms with E-state index in [1.54, 1.807) is 6.20 Å². The molecular weight excluding hydrogens is 252 g/mol. The van der Waals surface area contributed by atoms with Gasteiger partial charge in [-0.25, -0.2) is 9.97 Å². The van der Waals surface area contributed by atoms with Crippen molar-refractivity contribution in [2.75, 3.05) is 0 Å². The number of thioether (sulfide) groups is 1. The van der Waals surface area contributed by atoms with E-state index < -0.39 is 0 Å². The average Bonchev–Trinajstić information content (AvgIpc) is 2.61. The molecule has 0 N–H and O–H groups in total. The van der Waals surface area contributed by atoms with E-state index in [4.69, 9.17) is 11.6 Å². The molecule has 0 amide bonds. The summed E-state index contributed by atoms with van der Waals surface area (Å²) in [7, 11) is 0. The summed E-state index contributed by atoms with van der Waals surface area (Å²) >= 11 is 8.57. The highest BCUT2D eigenvalue weighted by Gasteiger charge is 2.06. The lowest BCUT2D eigenvalue weighted by Gasteiger charge is -1.98. The van der Waals surface area contributed by atoms with Crippen molar-refractivity contribution >= 4 is 34.9 Å². The summed E-state index contributed by atoms with van der Waals surface area (Å²) < 4.78 is 4.39. The molecule has 0 saturated heterocycles. The first-order valence-corrected chi connectivity index (χ1v) is 6.28.